The molecular formula is C18H26N2O2. The summed E-state index contributed by atoms with van der Waals surface area (Å²) in [4.78, 5) is 26.2. The Morgan fingerprint density at radius 3 is 2.45 bits per heavy atom. The molecule has 0 saturated carbocycles. The van der Waals surface area contributed by atoms with Gasteiger partial charge in [-0.1, -0.05) is 24.6 Å². The molecule has 0 aliphatic carbocycles. The zero-order valence-corrected chi connectivity index (χ0v) is 14.0. The molecule has 0 bridgehead atoms. The predicted molar refractivity (Wildman–Crippen MR) is 88.9 cm³/mol. The molecule has 1 heterocycles. The lowest BCUT2D eigenvalue weighted by Gasteiger charge is -2.30. The van der Waals surface area contributed by atoms with Crippen LogP contribution in [0, 0.1) is 26.7 Å². The molecule has 0 radical (unpaired) electrons. The van der Waals surface area contributed by atoms with Crippen LogP contribution in [-0.4, -0.2) is 29.8 Å². The molecule has 2 amide bonds. The molecule has 1 aliphatic rings. The number of carbonyl (C=O) groups is 2. The lowest BCUT2D eigenvalue weighted by atomic mass is 10.00. The van der Waals surface area contributed by atoms with Crippen LogP contribution in [0.2, 0.25) is 0 Å². The zero-order valence-electron chi connectivity index (χ0n) is 14.0. The number of nitrogens with zero attached hydrogens (tertiary/aromatic N) is 1. The van der Waals surface area contributed by atoms with Gasteiger partial charge in [-0.25, -0.2) is 0 Å². The summed E-state index contributed by atoms with van der Waals surface area (Å²) >= 11 is 0. The molecule has 2 rings (SSSR count). The van der Waals surface area contributed by atoms with E-state index >= 15 is 0 Å². The quantitative estimate of drug-likeness (QED) is 0.872. The first-order valence-electron chi connectivity index (χ1n) is 8.02. The molecule has 4 heteroatoms. The number of carbonyl (C=O) groups excluding carboxylic acids is 2. The van der Waals surface area contributed by atoms with Crippen LogP contribution in [0.3, 0.4) is 0 Å². The zero-order chi connectivity index (χ0) is 16.3. The summed E-state index contributed by atoms with van der Waals surface area (Å²) in [6, 6.07) is 4.08. The van der Waals surface area contributed by atoms with E-state index in [9.17, 15) is 9.59 Å². The molecule has 4 nitrogen and oxygen atoms in total. The van der Waals surface area contributed by atoms with Gasteiger partial charge in [0.25, 0.3) is 0 Å². The lowest BCUT2D eigenvalue weighted by Crippen LogP contribution is -2.40. The third-order valence-electron chi connectivity index (χ3n) is 4.26. The van der Waals surface area contributed by atoms with Gasteiger partial charge in [-0.3, -0.25) is 9.59 Å². The Morgan fingerprint density at radius 1 is 1.23 bits per heavy atom. The van der Waals surface area contributed by atoms with E-state index in [0.717, 1.165) is 42.7 Å². The summed E-state index contributed by atoms with van der Waals surface area (Å²) in [6.45, 7) is 9.69. The minimum absolute atomic E-state index is 0.0635. The average molecular weight is 302 g/mol. The van der Waals surface area contributed by atoms with Crippen LogP contribution in [0.4, 0.5) is 5.69 Å². The number of hydrogen-bond donors (Lipinski definition) is 1. The highest BCUT2D eigenvalue weighted by molar-refractivity contribution is 6.04. The first kappa shape index (κ1) is 16.5. The fourth-order valence-corrected chi connectivity index (χ4v) is 3.23. The van der Waals surface area contributed by atoms with Crippen LogP contribution in [0.15, 0.2) is 12.1 Å². The molecule has 1 atom stereocenters. The summed E-state index contributed by atoms with van der Waals surface area (Å²) in [5.41, 5.74) is 4.07. The van der Waals surface area contributed by atoms with E-state index in [0.29, 0.717) is 5.92 Å². The van der Waals surface area contributed by atoms with Crippen LogP contribution < -0.4 is 5.32 Å². The number of benzene rings is 1. The Kier molecular flexibility index (Phi) is 5.22. The molecule has 1 N–H and O–H groups in total. The summed E-state index contributed by atoms with van der Waals surface area (Å²) in [6.07, 6.45) is 2.13. The van der Waals surface area contributed by atoms with E-state index in [1.165, 1.54) is 5.56 Å². The molecule has 1 aromatic rings. The normalized spacial score (nSPS) is 18.2. The van der Waals surface area contributed by atoms with Gasteiger partial charge in [0.05, 0.1) is 0 Å². The number of aryl methyl sites for hydroxylation is 3. The third-order valence-corrected chi connectivity index (χ3v) is 4.26. The Hall–Kier alpha value is -1.84. The van der Waals surface area contributed by atoms with E-state index in [2.05, 4.69) is 12.2 Å². The number of piperidine rings is 1. The van der Waals surface area contributed by atoms with Crippen LogP contribution in [-0.2, 0) is 9.59 Å². The Morgan fingerprint density at radius 2 is 1.86 bits per heavy atom. The van der Waals surface area contributed by atoms with Crippen LogP contribution in [0.1, 0.15) is 42.9 Å². The molecule has 1 unspecified atom stereocenters. The van der Waals surface area contributed by atoms with Crippen molar-refractivity contribution in [3.8, 4) is 0 Å². The van der Waals surface area contributed by atoms with Crippen molar-refractivity contribution in [3.05, 3.63) is 28.8 Å². The van der Waals surface area contributed by atoms with Crippen LogP contribution in [0.5, 0.6) is 0 Å². The molecule has 1 saturated heterocycles. The average Bonchev–Trinajstić information content (AvgIpc) is 2.42. The van der Waals surface area contributed by atoms with Crippen LogP contribution in [0.25, 0.3) is 0 Å². The van der Waals surface area contributed by atoms with Crippen LogP contribution >= 0.6 is 0 Å². The molecule has 0 spiro atoms. The molecule has 22 heavy (non-hydrogen) atoms. The van der Waals surface area contributed by atoms with Gasteiger partial charge < -0.3 is 10.2 Å². The third kappa shape index (κ3) is 4.09. The van der Waals surface area contributed by atoms with E-state index in [-0.39, 0.29) is 18.2 Å². The Labute approximate surface area is 132 Å². The first-order valence-corrected chi connectivity index (χ1v) is 8.02. The van der Waals surface area contributed by atoms with E-state index in [1.807, 2.05) is 37.8 Å². The van der Waals surface area contributed by atoms with E-state index in [4.69, 9.17) is 0 Å². The predicted octanol–water partition coefficient (Wildman–Crippen LogP) is 3.20. The molecule has 120 valence electrons. The van der Waals surface area contributed by atoms with Gasteiger partial charge in [0.1, 0.15) is 6.42 Å². The van der Waals surface area contributed by atoms with Crippen molar-refractivity contribution in [2.24, 2.45) is 5.92 Å². The second kappa shape index (κ2) is 6.95. The van der Waals surface area contributed by atoms with Crippen molar-refractivity contribution >= 4 is 17.5 Å². The van der Waals surface area contributed by atoms with Gasteiger partial charge in [-0.05, 0) is 50.7 Å². The maximum absolute atomic E-state index is 12.2. The SMILES string of the molecule is Cc1cc(C)c(NC(=O)CC(=O)N2CCCC(C)C2)c(C)c1. The number of amides is 2. The van der Waals surface area contributed by atoms with Gasteiger partial charge in [0.2, 0.25) is 11.8 Å². The van der Waals surface area contributed by atoms with E-state index in [1.54, 1.807) is 0 Å². The second-order valence-corrected chi connectivity index (χ2v) is 6.59. The van der Waals surface area contributed by atoms with Gasteiger partial charge in [0, 0.05) is 18.8 Å². The summed E-state index contributed by atoms with van der Waals surface area (Å²) in [7, 11) is 0. The maximum atomic E-state index is 12.2. The lowest BCUT2D eigenvalue weighted by molar-refractivity contribution is -0.136. The van der Waals surface area contributed by atoms with Crippen molar-refractivity contribution in [2.75, 3.05) is 18.4 Å². The summed E-state index contributed by atoms with van der Waals surface area (Å²) in [5, 5.41) is 2.90. The number of anilines is 1. The first-order chi connectivity index (χ1) is 10.4. The fourth-order valence-electron chi connectivity index (χ4n) is 3.23. The number of nitrogens with one attached hydrogen (secondary N) is 1. The standard InChI is InChI=1S/C18H26N2O2/c1-12-6-5-7-20(11-12)17(22)10-16(21)19-18-14(3)8-13(2)9-15(18)4/h8-9,12H,5-7,10-11H2,1-4H3,(H,19,21). The maximum Gasteiger partial charge on any atom is 0.233 e. The molecular weight excluding hydrogens is 276 g/mol. The smallest absolute Gasteiger partial charge is 0.233 e. The molecule has 1 aromatic carbocycles. The topological polar surface area (TPSA) is 49.4 Å². The highest BCUT2D eigenvalue weighted by Crippen LogP contribution is 2.22. The summed E-state index contributed by atoms with van der Waals surface area (Å²) < 4.78 is 0. The molecule has 0 aromatic heterocycles. The highest BCUT2D eigenvalue weighted by atomic mass is 16.2. The van der Waals surface area contributed by atoms with E-state index < -0.39 is 0 Å². The highest BCUT2D eigenvalue weighted by Gasteiger charge is 2.23. The molecule has 1 aliphatic heterocycles. The van der Waals surface area contributed by atoms with Gasteiger partial charge in [0.15, 0.2) is 0 Å². The van der Waals surface area contributed by atoms with Crippen molar-refractivity contribution in [3.63, 3.8) is 0 Å². The minimum Gasteiger partial charge on any atom is -0.342 e. The second-order valence-electron chi connectivity index (χ2n) is 6.59. The Balaban J connectivity index is 1.97. The monoisotopic (exact) mass is 302 g/mol. The minimum atomic E-state index is -0.224. The van der Waals surface area contributed by atoms with Crippen molar-refractivity contribution < 1.29 is 9.59 Å². The van der Waals surface area contributed by atoms with Gasteiger partial charge >= 0.3 is 0 Å². The van der Waals surface area contributed by atoms with Gasteiger partial charge in [-0.2, -0.15) is 0 Å². The van der Waals surface area contributed by atoms with Gasteiger partial charge in [-0.15, -0.1) is 0 Å². The van der Waals surface area contributed by atoms with Crippen molar-refractivity contribution in [1.29, 1.82) is 0 Å². The summed E-state index contributed by atoms with van der Waals surface area (Å²) in [5.74, 6) is 0.243. The number of rotatable bonds is 3. The Bertz CT molecular complexity index is 557. The number of likely N-dealkylation sites (tertiary alicyclic amines) is 1. The van der Waals surface area contributed by atoms with Crippen molar-refractivity contribution in [2.45, 2.75) is 47.0 Å². The number of hydrogen-bond acceptors (Lipinski definition) is 2. The molecule has 1 fully saturated rings. The van der Waals surface area contributed by atoms with Crippen molar-refractivity contribution in [1.82, 2.24) is 4.90 Å². The largest absolute Gasteiger partial charge is 0.342 e. The fraction of sp³-hybridized carbons (Fsp3) is 0.556.